The molecule has 1 amide bonds. The van der Waals surface area contributed by atoms with Gasteiger partial charge >= 0.3 is 5.97 Å². The fourth-order valence-electron chi connectivity index (χ4n) is 1.69. The van der Waals surface area contributed by atoms with Gasteiger partial charge < -0.3 is 10.4 Å². The number of carbonyl (C=O) groups is 2. The Morgan fingerprint density at radius 1 is 1.53 bits per heavy atom. The minimum Gasteiger partial charge on any atom is -0.477 e. The van der Waals surface area contributed by atoms with E-state index in [4.69, 9.17) is 5.11 Å². The van der Waals surface area contributed by atoms with Crippen LogP contribution >= 0.6 is 11.3 Å². The predicted octanol–water partition coefficient (Wildman–Crippen LogP) is 0.00320. The van der Waals surface area contributed by atoms with Crippen LogP contribution in [0.5, 0.6) is 0 Å². The third-order valence-corrected chi connectivity index (χ3v) is 5.65. The summed E-state index contributed by atoms with van der Waals surface area (Å²) in [6.45, 7) is 0.106. The first kappa shape index (κ1) is 14.0. The quantitative estimate of drug-likeness (QED) is 0.709. The van der Waals surface area contributed by atoms with Gasteiger partial charge in [0.25, 0.3) is 0 Å². The predicted molar refractivity (Wildman–Crippen MR) is 67.6 cm³/mol. The molecule has 1 unspecified atom stereocenters. The van der Waals surface area contributed by atoms with Crippen molar-refractivity contribution in [1.82, 2.24) is 10.0 Å². The van der Waals surface area contributed by atoms with Crippen LogP contribution in [0.4, 0.5) is 0 Å². The van der Waals surface area contributed by atoms with Crippen LogP contribution in [-0.2, 0) is 14.8 Å². The fraction of sp³-hybridized carbons (Fsp3) is 0.400. The molecular weight excluding hydrogens is 292 g/mol. The molecule has 2 rings (SSSR count). The molecule has 3 N–H and O–H groups in total. The van der Waals surface area contributed by atoms with Crippen molar-refractivity contribution in [3.05, 3.63) is 17.0 Å². The summed E-state index contributed by atoms with van der Waals surface area (Å²) in [6.07, 6.45) is 0.987. The summed E-state index contributed by atoms with van der Waals surface area (Å²) in [5.74, 6) is -1.25. The molecule has 1 aromatic rings. The highest BCUT2D eigenvalue weighted by atomic mass is 32.2. The van der Waals surface area contributed by atoms with Crippen LogP contribution in [0.3, 0.4) is 0 Å². The third kappa shape index (κ3) is 3.31. The molecule has 104 valence electrons. The van der Waals surface area contributed by atoms with Crippen molar-refractivity contribution in [1.29, 1.82) is 0 Å². The number of nitrogens with one attached hydrogen (secondary N) is 2. The summed E-state index contributed by atoms with van der Waals surface area (Å²) in [4.78, 5) is 21.6. The Labute approximate surface area is 113 Å². The Morgan fingerprint density at radius 2 is 2.26 bits per heavy atom. The van der Waals surface area contributed by atoms with Crippen molar-refractivity contribution >= 4 is 33.2 Å². The van der Waals surface area contributed by atoms with E-state index in [0.717, 1.165) is 0 Å². The average Bonchev–Trinajstić information content (AvgIpc) is 2.95. The molecular formula is C10H12N2O5S2. The number of thiophene rings is 1. The molecule has 7 nitrogen and oxygen atoms in total. The second kappa shape index (κ2) is 5.27. The summed E-state index contributed by atoms with van der Waals surface area (Å²) in [5.41, 5.74) is 0. The molecule has 9 heteroatoms. The topological polar surface area (TPSA) is 113 Å². The van der Waals surface area contributed by atoms with E-state index in [0.29, 0.717) is 24.2 Å². The lowest BCUT2D eigenvalue weighted by Crippen LogP contribution is -2.38. The van der Waals surface area contributed by atoms with Crippen molar-refractivity contribution in [3.63, 3.8) is 0 Å². The monoisotopic (exact) mass is 304 g/mol. The van der Waals surface area contributed by atoms with Crippen LogP contribution in [-0.4, -0.2) is 38.0 Å². The summed E-state index contributed by atoms with van der Waals surface area (Å²) in [5, 5.41) is 11.4. The van der Waals surface area contributed by atoms with Gasteiger partial charge in [0.15, 0.2) is 0 Å². The van der Waals surface area contributed by atoms with Gasteiger partial charge in [0.1, 0.15) is 9.09 Å². The van der Waals surface area contributed by atoms with Crippen LogP contribution in [0.25, 0.3) is 0 Å². The maximum absolute atomic E-state index is 11.9. The first-order chi connectivity index (χ1) is 8.88. The normalized spacial score (nSPS) is 19.4. The molecule has 2 heterocycles. The van der Waals surface area contributed by atoms with Gasteiger partial charge in [0, 0.05) is 19.0 Å². The summed E-state index contributed by atoms with van der Waals surface area (Å²) < 4.78 is 26.1. The Hall–Kier alpha value is -1.45. The standard InChI is InChI=1S/C10H12N2O5S2/c13-8-3-1-6(12-8)5-11-19(16,17)9-4-2-7(18-9)10(14)15/h2,4,6,11H,1,3,5H2,(H,12,13)(H,14,15). The van der Waals surface area contributed by atoms with Crippen LogP contribution < -0.4 is 10.0 Å². The molecule has 19 heavy (non-hydrogen) atoms. The van der Waals surface area contributed by atoms with E-state index in [-0.39, 0.29) is 27.6 Å². The highest BCUT2D eigenvalue weighted by Gasteiger charge is 2.24. The van der Waals surface area contributed by atoms with E-state index < -0.39 is 16.0 Å². The van der Waals surface area contributed by atoms with Crippen molar-refractivity contribution < 1.29 is 23.1 Å². The molecule has 0 aliphatic carbocycles. The number of hydrogen-bond acceptors (Lipinski definition) is 5. The molecule has 1 fully saturated rings. The number of hydrogen-bond donors (Lipinski definition) is 3. The number of amides is 1. The van der Waals surface area contributed by atoms with Gasteiger partial charge in [-0.3, -0.25) is 4.79 Å². The molecule has 1 aliphatic rings. The Balaban J connectivity index is 2.01. The number of carboxylic acid groups (broad SMARTS) is 1. The van der Waals surface area contributed by atoms with Gasteiger partial charge in [-0.1, -0.05) is 0 Å². The maximum Gasteiger partial charge on any atom is 0.345 e. The molecule has 1 aromatic heterocycles. The molecule has 0 radical (unpaired) electrons. The first-order valence-corrected chi connectivity index (χ1v) is 7.80. The van der Waals surface area contributed by atoms with Crippen LogP contribution in [0.2, 0.25) is 0 Å². The SMILES string of the molecule is O=C1CCC(CNS(=O)(=O)c2ccc(C(=O)O)s2)N1. The van der Waals surface area contributed by atoms with Crippen LogP contribution in [0, 0.1) is 0 Å². The second-order valence-corrected chi connectivity index (χ2v) is 7.16. The fourth-order valence-corrected chi connectivity index (χ4v) is 3.96. The Morgan fingerprint density at radius 3 is 2.79 bits per heavy atom. The van der Waals surface area contributed by atoms with E-state index in [1.54, 1.807) is 0 Å². The molecule has 0 aromatic carbocycles. The molecule has 1 aliphatic heterocycles. The highest BCUT2D eigenvalue weighted by Crippen LogP contribution is 2.21. The van der Waals surface area contributed by atoms with Gasteiger partial charge in [-0.25, -0.2) is 17.9 Å². The van der Waals surface area contributed by atoms with Crippen molar-refractivity contribution in [3.8, 4) is 0 Å². The highest BCUT2D eigenvalue weighted by molar-refractivity contribution is 7.91. The lowest BCUT2D eigenvalue weighted by Gasteiger charge is -2.10. The molecule has 0 spiro atoms. The second-order valence-electron chi connectivity index (χ2n) is 4.08. The minimum atomic E-state index is -3.72. The van der Waals surface area contributed by atoms with Gasteiger partial charge in [-0.05, 0) is 18.6 Å². The summed E-state index contributed by atoms with van der Waals surface area (Å²) in [6, 6.07) is 2.30. The zero-order valence-electron chi connectivity index (χ0n) is 9.75. The molecule has 0 saturated carbocycles. The number of carboxylic acids is 1. The number of carbonyl (C=O) groups excluding carboxylic acids is 1. The lowest BCUT2D eigenvalue weighted by molar-refractivity contribution is -0.119. The van der Waals surface area contributed by atoms with Gasteiger partial charge in [0.2, 0.25) is 15.9 Å². The average molecular weight is 304 g/mol. The summed E-state index contributed by atoms with van der Waals surface area (Å²) >= 11 is 0.694. The molecule has 1 atom stereocenters. The minimum absolute atomic E-state index is 0.0328. The molecule has 1 saturated heterocycles. The lowest BCUT2D eigenvalue weighted by atomic mass is 10.2. The van der Waals surface area contributed by atoms with E-state index in [9.17, 15) is 18.0 Å². The van der Waals surface area contributed by atoms with E-state index >= 15 is 0 Å². The van der Waals surface area contributed by atoms with E-state index in [1.165, 1.54) is 12.1 Å². The van der Waals surface area contributed by atoms with Gasteiger partial charge in [-0.2, -0.15) is 0 Å². The first-order valence-electron chi connectivity index (χ1n) is 5.50. The number of rotatable bonds is 5. The molecule has 0 bridgehead atoms. The van der Waals surface area contributed by atoms with Crippen molar-refractivity contribution in [2.75, 3.05) is 6.54 Å². The van der Waals surface area contributed by atoms with Crippen LogP contribution in [0.1, 0.15) is 22.5 Å². The van der Waals surface area contributed by atoms with Gasteiger partial charge in [-0.15, -0.1) is 11.3 Å². The zero-order chi connectivity index (χ0) is 14.0. The maximum atomic E-state index is 11.9. The van der Waals surface area contributed by atoms with E-state index in [2.05, 4.69) is 10.0 Å². The van der Waals surface area contributed by atoms with Crippen LogP contribution in [0.15, 0.2) is 16.3 Å². The smallest absolute Gasteiger partial charge is 0.345 e. The zero-order valence-corrected chi connectivity index (χ0v) is 11.4. The van der Waals surface area contributed by atoms with Crippen molar-refractivity contribution in [2.45, 2.75) is 23.1 Å². The largest absolute Gasteiger partial charge is 0.477 e. The summed E-state index contributed by atoms with van der Waals surface area (Å²) in [7, 11) is -3.72. The Kier molecular flexibility index (Phi) is 3.88. The van der Waals surface area contributed by atoms with Crippen molar-refractivity contribution in [2.24, 2.45) is 0 Å². The van der Waals surface area contributed by atoms with Gasteiger partial charge in [0.05, 0.1) is 0 Å². The number of sulfonamides is 1. The third-order valence-electron chi connectivity index (χ3n) is 2.66. The Bertz CT molecular complexity index is 607. The number of aromatic carboxylic acids is 1. The van der Waals surface area contributed by atoms with E-state index in [1.807, 2.05) is 0 Å².